The molecule has 226 valence electrons. The van der Waals surface area contributed by atoms with Crippen LogP contribution in [0.1, 0.15) is 37.9 Å². The number of halogens is 3. The van der Waals surface area contributed by atoms with E-state index < -0.39 is 17.4 Å². The zero-order chi connectivity index (χ0) is 32.0. The molecule has 0 spiro atoms. The minimum absolute atomic E-state index is 0.0186. The number of pyridine rings is 1. The molecule has 0 fully saturated rings. The van der Waals surface area contributed by atoms with Crippen molar-refractivity contribution in [3.05, 3.63) is 87.3 Å². The first-order valence-corrected chi connectivity index (χ1v) is 15.2. The Balaban J connectivity index is 1.47. The molecule has 17 heteroatoms. The number of benzene rings is 1. The van der Waals surface area contributed by atoms with Crippen molar-refractivity contribution < 1.29 is 9.18 Å². The molecule has 0 aliphatic carbocycles. The molecule has 5 heterocycles. The number of hydrogen-bond acceptors (Lipinski definition) is 7. The van der Waals surface area contributed by atoms with Crippen LogP contribution in [0, 0.1) is 11.7 Å². The van der Waals surface area contributed by atoms with Gasteiger partial charge in [-0.05, 0) is 42.3 Å². The molecule has 0 unspecified atom stereocenters. The van der Waals surface area contributed by atoms with Gasteiger partial charge in [-0.1, -0.05) is 41.8 Å². The van der Waals surface area contributed by atoms with E-state index >= 15 is 4.39 Å². The van der Waals surface area contributed by atoms with Crippen molar-refractivity contribution >= 4 is 58.3 Å². The summed E-state index contributed by atoms with van der Waals surface area (Å²) in [7, 11) is 6.10. The van der Waals surface area contributed by atoms with Crippen molar-refractivity contribution in [2.45, 2.75) is 37.5 Å². The number of carbonyl (C=O) groups is 1. The fourth-order valence-corrected chi connectivity index (χ4v) is 5.84. The Morgan fingerprint density at radius 1 is 1.09 bits per heavy atom. The molecule has 0 radical (unpaired) electrons. The van der Waals surface area contributed by atoms with Crippen molar-refractivity contribution in [3.63, 3.8) is 0 Å². The third-order valence-corrected chi connectivity index (χ3v) is 8.30. The standard InChI is InChI=1S/C28H27B3Cl2FN9O2/c1-14-3-2-4-20(17-9-15(7-8-35-17)26-19(38-27(14)45)11-37-43(26)28(29,30)31)41-13-36-18(10-23(41)44)24-21(6-5-16(32)25(24)34)42-12-22(33)39-40-42/h5-14,20H,2-4,29-31H2,1H3,(H,38,45)/t14-,20+/m1/s1. The van der Waals surface area contributed by atoms with Gasteiger partial charge in [0.05, 0.1) is 63.8 Å². The Morgan fingerprint density at radius 2 is 1.89 bits per heavy atom. The smallest absolute Gasteiger partial charge is 0.254 e. The lowest BCUT2D eigenvalue weighted by Gasteiger charge is -2.25. The van der Waals surface area contributed by atoms with Gasteiger partial charge in [-0.15, -0.1) is 5.10 Å². The molecular weight excluding hydrogens is 617 g/mol. The van der Waals surface area contributed by atoms with Gasteiger partial charge in [0.25, 0.3) is 5.56 Å². The fourth-order valence-electron chi connectivity index (χ4n) is 5.56. The third-order valence-electron chi connectivity index (χ3n) is 7.83. The SMILES string of the molecule is BC(B)(B)n1ncc2c1-c1ccnc(c1)[C@@H](n1cnc(-c3c(-n4cc(Cl)nn4)ccc(Cl)c3F)cc1=O)CCC[C@@H](C)C(=O)N2. The Kier molecular flexibility index (Phi) is 8.17. The van der Waals surface area contributed by atoms with E-state index in [1.807, 2.05) is 47.3 Å². The number of nitrogens with zero attached hydrogens (tertiary/aromatic N) is 8. The highest BCUT2D eigenvalue weighted by Crippen LogP contribution is 2.35. The number of carbonyl (C=O) groups excluding carboxylic acids is 1. The van der Waals surface area contributed by atoms with Crippen LogP contribution in [0.2, 0.25) is 10.2 Å². The maximum atomic E-state index is 15.5. The van der Waals surface area contributed by atoms with Gasteiger partial charge in [0.15, 0.2) is 11.0 Å². The van der Waals surface area contributed by atoms with Crippen LogP contribution < -0.4 is 10.9 Å². The van der Waals surface area contributed by atoms with Crippen molar-refractivity contribution in [2.24, 2.45) is 5.92 Å². The normalized spacial score (nSPS) is 17.2. The van der Waals surface area contributed by atoms with Gasteiger partial charge in [0, 0.05) is 23.7 Å². The number of aromatic nitrogens is 8. The van der Waals surface area contributed by atoms with Gasteiger partial charge < -0.3 is 5.32 Å². The predicted molar refractivity (Wildman–Crippen MR) is 178 cm³/mol. The highest BCUT2D eigenvalue weighted by Gasteiger charge is 2.27. The zero-order valence-electron chi connectivity index (χ0n) is 25.0. The number of amides is 1. The largest absolute Gasteiger partial charge is 0.323 e. The summed E-state index contributed by atoms with van der Waals surface area (Å²) in [5, 5.41) is 15.0. The monoisotopic (exact) mass is 643 g/mol. The average Bonchev–Trinajstić information content (AvgIpc) is 3.63. The van der Waals surface area contributed by atoms with E-state index in [0.29, 0.717) is 30.6 Å². The molecule has 2 bridgehead atoms. The highest BCUT2D eigenvalue weighted by molar-refractivity contribution is 6.56. The Morgan fingerprint density at radius 3 is 2.60 bits per heavy atom. The first kappa shape index (κ1) is 30.8. The average molecular weight is 644 g/mol. The first-order valence-electron chi connectivity index (χ1n) is 14.4. The van der Waals surface area contributed by atoms with Crippen LogP contribution in [-0.2, 0) is 10.0 Å². The number of nitrogens with one attached hydrogen (secondary N) is 1. The minimum atomic E-state index is -0.760. The summed E-state index contributed by atoms with van der Waals surface area (Å²) >= 11 is 12.1. The van der Waals surface area contributed by atoms with Crippen molar-refractivity contribution in [2.75, 3.05) is 5.32 Å². The quantitative estimate of drug-likeness (QED) is 0.297. The molecule has 11 nitrogen and oxygen atoms in total. The van der Waals surface area contributed by atoms with Crippen molar-refractivity contribution in [3.8, 4) is 28.2 Å². The van der Waals surface area contributed by atoms with Crippen LogP contribution in [0.3, 0.4) is 0 Å². The van der Waals surface area contributed by atoms with Gasteiger partial charge in [-0.25, -0.2) is 14.1 Å². The first-order chi connectivity index (χ1) is 21.4. The summed E-state index contributed by atoms with van der Waals surface area (Å²) in [4.78, 5) is 36.1. The van der Waals surface area contributed by atoms with E-state index in [1.54, 1.807) is 18.5 Å². The van der Waals surface area contributed by atoms with Crippen LogP contribution in [0.15, 0.2) is 60.0 Å². The summed E-state index contributed by atoms with van der Waals surface area (Å²) in [6, 6.07) is 7.45. The van der Waals surface area contributed by atoms with Crippen molar-refractivity contribution in [1.82, 2.24) is 39.3 Å². The zero-order valence-corrected chi connectivity index (χ0v) is 26.5. The highest BCUT2D eigenvalue weighted by atomic mass is 35.5. The van der Waals surface area contributed by atoms with Crippen LogP contribution in [0.4, 0.5) is 10.1 Å². The van der Waals surface area contributed by atoms with E-state index in [0.717, 1.165) is 11.3 Å². The van der Waals surface area contributed by atoms with Gasteiger partial charge in [0.1, 0.15) is 23.5 Å². The topological polar surface area (TPSA) is 125 Å². The Labute approximate surface area is 270 Å². The molecule has 0 saturated carbocycles. The predicted octanol–water partition coefficient (Wildman–Crippen LogP) is 2.01. The molecule has 0 saturated heterocycles. The second kappa shape index (κ2) is 11.9. The number of fused-ring (bicyclic) bond motifs is 4. The second-order valence-electron chi connectivity index (χ2n) is 12.1. The fraction of sp³-hybridized carbons (Fsp3) is 0.250. The van der Waals surface area contributed by atoms with Crippen LogP contribution in [0.25, 0.3) is 28.2 Å². The Bertz CT molecular complexity index is 1990. The number of hydrogen-bond donors (Lipinski definition) is 1. The number of rotatable bonds is 4. The molecule has 45 heavy (non-hydrogen) atoms. The van der Waals surface area contributed by atoms with Crippen LogP contribution >= 0.6 is 23.2 Å². The van der Waals surface area contributed by atoms with Crippen LogP contribution in [0.5, 0.6) is 0 Å². The summed E-state index contributed by atoms with van der Waals surface area (Å²) in [5.74, 6) is -1.15. The van der Waals surface area contributed by atoms with Gasteiger partial charge in [-0.3, -0.25) is 23.8 Å². The molecule has 1 N–H and O–H groups in total. The molecular formula is C28H27B3Cl2FN9O2. The summed E-state index contributed by atoms with van der Waals surface area (Å²) in [6.07, 6.45) is 7.88. The summed E-state index contributed by atoms with van der Waals surface area (Å²) < 4.78 is 20.1. The third kappa shape index (κ3) is 5.94. The summed E-state index contributed by atoms with van der Waals surface area (Å²) in [5.41, 5.74) is 2.67. The minimum Gasteiger partial charge on any atom is -0.323 e. The number of anilines is 1. The van der Waals surface area contributed by atoms with Gasteiger partial charge >= 0.3 is 0 Å². The van der Waals surface area contributed by atoms with E-state index in [9.17, 15) is 9.59 Å². The van der Waals surface area contributed by atoms with E-state index in [4.69, 9.17) is 23.2 Å². The lowest BCUT2D eigenvalue weighted by atomic mass is 9.49. The second-order valence-corrected chi connectivity index (χ2v) is 12.9. The molecule has 1 aliphatic heterocycles. The van der Waals surface area contributed by atoms with E-state index in [-0.39, 0.29) is 44.2 Å². The van der Waals surface area contributed by atoms with Gasteiger partial charge in [0.2, 0.25) is 5.91 Å². The van der Waals surface area contributed by atoms with Crippen LogP contribution in [-0.4, -0.2) is 68.8 Å². The molecule has 5 aromatic rings. The van der Waals surface area contributed by atoms with E-state index in [1.165, 1.54) is 33.9 Å². The maximum Gasteiger partial charge on any atom is 0.254 e. The lowest BCUT2D eigenvalue weighted by molar-refractivity contribution is -0.119. The van der Waals surface area contributed by atoms with Gasteiger partial charge in [-0.2, -0.15) is 5.10 Å². The lowest BCUT2D eigenvalue weighted by Crippen LogP contribution is -2.36. The Hall–Kier alpha value is -4.23. The van der Waals surface area contributed by atoms with E-state index in [2.05, 4.69) is 30.7 Å². The molecule has 4 aromatic heterocycles. The van der Waals surface area contributed by atoms with Crippen molar-refractivity contribution in [1.29, 1.82) is 0 Å². The molecule has 1 aliphatic rings. The molecule has 6 rings (SSSR count). The molecule has 2 atom stereocenters. The maximum absolute atomic E-state index is 15.5. The molecule has 1 aromatic carbocycles. The molecule has 1 amide bonds. The summed E-state index contributed by atoms with van der Waals surface area (Å²) in [6.45, 7) is 1.88.